The second-order valence-electron chi connectivity index (χ2n) is 9.26. The van der Waals surface area contributed by atoms with Gasteiger partial charge in [-0.2, -0.15) is 10.1 Å². The van der Waals surface area contributed by atoms with E-state index in [4.69, 9.17) is 9.72 Å². The third-order valence-electron chi connectivity index (χ3n) is 7.26. The van der Waals surface area contributed by atoms with Crippen LogP contribution >= 0.6 is 0 Å². The van der Waals surface area contributed by atoms with E-state index in [0.29, 0.717) is 30.6 Å². The molecule has 164 valence electrons. The number of nitrogens with zero attached hydrogens (tertiary/aromatic N) is 4. The zero-order chi connectivity index (χ0) is 21.8. The number of benzene rings is 1. The number of aromatic nitrogens is 3. The van der Waals surface area contributed by atoms with Crippen LogP contribution < -0.4 is 20.5 Å². The fourth-order valence-corrected chi connectivity index (χ4v) is 5.40. The van der Waals surface area contributed by atoms with Crippen molar-refractivity contribution in [2.45, 2.75) is 50.4 Å². The molecule has 32 heavy (non-hydrogen) atoms. The van der Waals surface area contributed by atoms with E-state index >= 15 is 0 Å². The Morgan fingerprint density at radius 2 is 1.84 bits per heavy atom. The van der Waals surface area contributed by atoms with Gasteiger partial charge >= 0.3 is 0 Å². The van der Waals surface area contributed by atoms with Crippen molar-refractivity contribution >= 4 is 5.82 Å². The number of piperidine rings is 1. The summed E-state index contributed by atoms with van der Waals surface area (Å²) in [5.74, 6) is 1.67. The molecule has 3 aliphatic rings. The van der Waals surface area contributed by atoms with Gasteiger partial charge in [0.1, 0.15) is 12.4 Å². The molecule has 7 heteroatoms. The van der Waals surface area contributed by atoms with Crippen molar-refractivity contribution in [3.8, 4) is 28.1 Å². The minimum absolute atomic E-state index is 0.121. The van der Waals surface area contributed by atoms with E-state index in [-0.39, 0.29) is 5.56 Å². The van der Waals surface area contributed by atoms with E-state index in [1.807, 2.05) is 6.07 Å². The Morgan fingerprint density at radius 1 is 1.06 bits per heavy atom. The molecule has 0 spiro atoms. The summed E-state index contributed by atoms with van der Waals surface area (Å²) >= 11 is 0. The first-order valence-corrected chi connectivity index (χ1v) is 11.3. The van der Waals surface area contributed by atoms with Crippen molar-refractivity contribution in [1.29, 1.82) is 0 Å². The summed E-state index contributed by atoms with van der Waals surface area (Å²) in [6, 6.07) is 13.9. The molecule has 0 aliphatic carbocycles. The Morgan fingerprint density at radius 3 is 2.62 bits per heavy atom. The highest BCUT2D eigenvalue weighted by Gasteiger charge is 2.35. The van der Waals surface area contributed by atoms with Gasteiger partial charge in [0, 0.05) is 49.4 Å². The Labute approximate surface area is 187 Å². The molecule has 0 saturated carbocycles. The molecule has 1 N–H and O–H groups in total. The van der Waals surface area contributed by atoms with Crippen molar-refractivity contribution in [3.63, 3.8) is 0 Å². The maximum atomic E-state index is 12.0. The molecule has 6 rings (SSSR count). The molecule has 0 radical (unpaired) electrons. The fraction of sp³-hybridized carbons (Fsp3) is 0.400. The van der Waals surface area contributed by atoms with Crippen LogP contribution in [-0.2, 0) is 13.7 Å². The smallest absolute Gasteiger partial charge is 0.267 e. The first-order valence-electron chi connectivity index (χ1n) is 11.3. The van der Waals surface area contributed by atoms with Crippen LogP contribution in [0, 0.1) is 0 Å². The first kappa shape index (κ1) is 19.5. The normalized spacial score (nSPS) is 23.2. The van der Waals surface area contributed by atoms with Crippen molar-refractivity contribution in [1.82, 2.24) is 20.1 Å². The molecule has 0 amide bonds. The lowest BCUT2D eigenvalue weighted by Crippen LogP contribution is -2.47. The van der Waals surface area contributed by atoms with E-state index < -0.39 is 0 Å². The van der Waals surface area contributed by atoms with Crippen LogP contribution in [0.3, 0.4) is 0 Å². The highest BCUT2D eigenvalue weighted by Crippen LogP contribution is 2.40. The van der Waals surface area contributed by atoms with E-state index in [1.165, 1.54) is 30.4 Å². The monoisotopic (exact) mass is 429 g/mol. The number of pyridine rings is 1. The third-order valence-corrected chi connectivity index (χ3v) is 7.26. The van der Waals surface area contributed by atoms with Gasteiger partial charge in [-0.05, 0) is 60.6 Å². The van der Waals surface area contributed by atoms with E-state index in [0.717, 1.165) is 33.6 Å². The van der Waals surface area contributed by atoms with Crippen molar-refractivity contribution in [2.75, 3.05) is 11.9 Å². The van der Waals surface area contributed by atoms with E-state index in [2.05, 4.69) is 46.6 Å². The Balaban J connectivity index is 1.28. The van der Waals surface area contributed by atoms with Crippen LogP contribution in [0.2, 0.25) is 0 Å². The third kappa shape index (κ3) is 3.28. The lowest BCUT2D eigenvalue weighted by Gasteiger charge is -2.36. The first-order chi connectivity index (χ1) is 15.5. The van der Waals surface area contributed by atoms with Crippen LogP contribution in [0.4, 0.5) is 5.82 Å². The summed E-state index contributed by atoms with van der Waals surface area (Å²) in [6.45, 7) is 0.464. The number of rotatable bonds is 3. The fourth-order valence-electron chi connectivity index (χ4n) is 5.40. The zero-order valence-corrected chi connectivity index (χ0v) is 18.4. The summed E-state index contributed by atoms with van der Waals surface area (Å²) in [4.78, 5) is 19.2. The second kappa shape index (κ2) is 7.45. The number of fused-ring (bicyclic) bond motifs is 5. The largest absolute Gasteiger partial charge is 0.472 e. The minimum Gasteiger partial charge on any atom is -0.472 e. The Bertz CT molecular complexity index is 1240. The highest BCUT2D eigenvalue weighted by molar-refractivity contribution is 5.78. The zero-order valence-electron chi connectivity index (χ0n) is 18.4. The molecule has 2 atom stereocenters. The van der Waals surface area contributed by atoms with Gasteiger partial charge < -0.3 is 15.0 Å². The molecule has 3 aromatic rings. The van der Waals surface area contributed by atoms with Gasteiger partial charge in [-0.15, -0.1) is 0 Å². The maximum absolute atomic E-state index is 12.0. The van der Waals surface area contributed by atoms with Crippen LogP contribution in [0.15, 0.2) is 47.4 Å². The van der Waals surface area contributed by atoms with E-state index in [9.17, 15) is 4.79 Å². The number of nitrogens with one attached hydrogen (secondary N) is 1. The highest BCUT2D eigenvalue weighted by atomic mass is 16.5. The van der Waals surface area contributed by atoms with Gasteiger partial charge in [-0.3, -0.25) is 4.79 Å². The molecule has 7 nitrogen and oxygen atoms in total. The lowest BCUT2D eigenvalue weighted by molar-refractivity contribution is 0.289. The topological polar surface area (TPSA) is 72.3 Å². The summed E-state index contributed by atoms with van der Waals surface area (Å²) in [5.41, 5.74) is 4.90. The molecule has 2 unspecified atom stereocenters. The number of hydrogen-bond donors (Lipinski definition) is 1. The predicted octanol–water partition coefficient (Wildman–Crippen LogP) is 3.12. The molecule has 2 bridgehead atoms. The molecule has 2 saturated heterocycles. The van der Waals surface area contributed by atoms with Crippen molar-refractivity contribution < 1.29 is 4.74 Å². The number of ether oxygens (including phenoxy) is 1. The number of hydrogen-bond acceptors (Lipinski definition) is 6. The van der Waals surface area contributed by atoms with Crippen LogP contribution in [-0.4, -0.2) is 39.9 Å². The van der Waals surface area contributed by atoms with Crippen LogP contribution in [0.1, 0.15) is 31.2 Å². The molecule has 5 heterocycles. The SMILES string of the molecule is CN(c1ccc2c(n1)OCc1cc(-c3cnn(C)c(=O)c3)ccc1-2)C1CC2CCC(C1)N2. The average molecular weight is 430 g/mol. The van der Waals surface area contributed by atoms with Crippen molar-refractivity contribution in [2.24, 2.45) is 7.05 Å². The maximum Gasteiger partial charge on any atom is 0.267 e. The summed E-state index contributed by atoms with van der Waals surface area (Å²) in [6.07, 6.45) is 6.66. The molecular formula is C25H27N5O2. The summed E-state index contributed by atoms with van der Waals surface area (Å²) in [7, 11) is 3.81. The number of anilines is 1. The quantitative estimate of drug-likeness (QED) is 0.690. The average Bonchev–Trinajstić information content (AvgIpc) is 3.16. The molecular weight excluding hydrogens is 402 g/mol. The van der Waals surface area contributed by atoms with Crippen molar-refractivity contribution in [3.05, 3.63) is 58.5 Å². The van der Waals surface area contributed by atoms with Crippen LogP contribution in [0.5, 0.6) is 5.88 Å². The summed E-state index contributed by atoms with van der Waals surface area (Å²) < 4.78 is 7.41. The van der Waals surface area contributed by atoms with Gasteiger partial charge in [0.2, 0.25) is 5.88 Å². The predicted molar refractivity (Wildman–Crippen MR) is 124 cm³/mol. The number of aryl methyl sites for hydroxylation is 1. The van der Waals surface area contributed by atoms with Gasteiger partial charge in [0.15, 0.2) is 0 Å². The summed E-state index contributed by atoms with van der Waals surface area (Å²) in [5, 5.41) is 7.85. The van der Waals surface area contributed by atoms with E-state index in [1.54, 1.807) is 19.3 Å². The van der Waals surface area contributed by atoms with Gasteiger partial charge in [-0.1, -0.05) is 12.1 Å². The van der Waals surface area contributed by atoms with Crippen LogP contribution in [0.25, 0.3) is 22.3 Å². The molecule has 2 fully saturated rings. The molecule has 1 aromatic carbocycles. The second-order valence-corrected chi connectivity index (χ2v) is 9.26. The van der Waals surface area contributed by atoms with Gasteiger partial charge in [0.25, 0.3) is 5.56 Å². The molecule has 3 aliphatic heterocycles. The lowest BCUT2D eigenvalue weighted by atomic mass is 9.95. The van der Waals surface area contributed by atoms with Gasteiger partial charge in [0.05, 0.1) is 6.20 Å². The Hall–Kier alpha value is -3.19. The van der Waals surface area contributed by atoms with Gasteiger partial charge in [-0.25, -0.2) is 4.68 Å². The Kier molecular flexibility index (Phi) is 4.54. The minimum atomic E-state index is -0.121. The molecule has 2 aromatic heterocycles. The standard InChI is InChI=1S/C25H27N5O2/c1-29(20-11-18-4-5-19(12-20)27-18)23-8-7-22-21-6-3-15(9-17(21)14-32-25(22)28-23)16-10-24(31)30(2)26-13-16/h3,6-10,13,18-20,27H,4-5,11-12,14H2,1-2H3.